The number of hydrogen-bond acceptors (Lipinski definition) is 7. The first-order chi connectivity index (χ1) is 22.6. The summed E-state index contributed by atoms with van der Waals surface area (Å²) in [6, 6.07) is 19.7. The van der Waals surface area contributed by atoms with Crippen LogP contribution in [0.25, 0.3) is 16.8 Å². The number of allylic oxidation sites excluding steroid dienone is 1. The number of halogens is 4. The highest BCUT2D eigenvalue weighted by Crippen LogP contribution is 2.41. The standard InChI is InChI=1S/C35H26Br2Cl2N2O5S/c1-4-45-34(43)29-18(2)40-35-41(31(29)30-23-8-6-5-7-20(23)10-12-27(30)44-3)33(42)28(47-35)15-19-13-24(36)32(25(37)14-19)46-17-21-9-11-22(38)16-26(21)39/h5-16,31H,4,17H2,1-3H3/b28-15-/t31-/m1/s1. The lowest BCUT2D eigenvalue weighted by atomic mass is 9.90. The largest absolute Gasteiger partial charge is 0.496 e. The molecule has 0 unspecified atom stereocenters. The lowest BCUT2D eigenvalue weighted by molar-refractivity contribution is -0.139. The molecule has 5 aromatic rings. The second kappa shape index (κ2) is 14.0. The lowest BCUT2D eigenvalue weighted by Crippen LogP contribution is -2.40. The first kappa shape index (κ1) is 33.5. The molecule has 1 aliphatic rings. The van der Waals surface area contributed by atoms with E-state index in [4.69, 9.17) is 42.4 Å². The molecule has 47 heavy (non-hydrogen) atoms. The first-order valence-electron chi connectivity index (χ1n) is 14.4. The third kappa shape index (κ3) is 6.54. The van der Waals surface area contributed by atoms with Gasteiger partial charge in [-0.1, -0.05) is 70.9 Å². The molecule has 1 aromatic heterocycles. The molecule has 1 atom stereocenters. The molecule has 1 aliphatic heterocycles. The Morgan fingerprint density at radius 3 is 2.51 bits per heavy atom. The van der Waals surface area contributed by atoms with Crippen molar-refractivity contribution in [1.82, 2.24) is 4.57 Å². The Hall–Kier alpha value is -3.41. The van der Waals surface area contributed by atoms with Crippen molar-refractivity contribution in [2.45, 2.75) is 26.5 Å². The molecule has 0 saturated heterocycles. The maximum atomic E-state index is 14.3. The molecule has 0 amide bonds. The van der Waals surface area contributed by atoms with Crippen molar-refractivity contribution in [3.8, 4) is 11.5 Å². The van der Waals surface area contributed by atoms with Crippen molar-refractivity contribution in [2.24, 2.45) is 4.99 Å². The fraction of sp³-hybridized carbons (Fsp3) is 0.171. The third-order valence-electron chi connectivity index (χ3n) is 7.65. The number of hydrogen-bond donors (Lipinski definition) is 0. The maximum Gasteiger partial charge on any atom is 0.338 e. The van der Waals surface area contributed by atoms with Crippen molar-refractivity contribution in [2.75, 3.05) is 13.7 Å². The highest BCUT2D eigenvalue weighted by molar-refractivity contribution is 9.11. The number of rotatable bonds is 8. The van der Waals surface area contributed by atoms with Crippen LogP contribution >= 0.6 is 66.4 Å². The van der Waals surface area contributed by atoms with E-state index in [9.17, 15) is 9.59 Å². The van der Waals surface area contributed by atoms with E-state index >= 15 is 0 Å². The number of benzene rings is 4. The summed E-state index contributed by atoms with van der Waals surface area (Å²) in [5, 5.41) is 2.85. The molecule has 0 N–H and O–H groups in total. The van der Waals surface area contributed by atoms with Gasteiger partial charge in [-0.25, -0.2) is 9.79 Å². The topological polar surface area (TPSA) is 79.1 Å². The fourth-order valence-corrected chi connectivity index (χ4v) is 8.50. The van der Waals surface area contributed by atoms with Crippen molar-refractivity contribution in [3.63, 3.8) is 0 Å². The number of ether oxygens (including phenoxy) is 3. The Morgan fingerprint density at radius 2 is 1.81 bits per heavy atom. The van der Waals surface area contributed by atoms with Crippen LogP contribution in [-0.2, 0) is 16.1 Å². The molecule has 0 saturated carbocycles. The average Bonchev–Trinajstić information content (AvgIpc) is 3.34. The van der Waals surface area contributed by atoms with E-state index in [1.165, 1.54) is 11.3 Å². The van der Waals surface area contributed by atoms with Gasteiger partial charge >= 0.3 is 5.97 Å². The summed E-state index contributed by atoms with van der Waals surface area (Å²) in [6.07, 6.45) is 1.79. The average molecular weight is 817 g/mol. The van der Waals surface area contributed by atoms with Gasteiger partial charge in [0.05, 0.1) is 38.5 Å². The molecule has 0 bridgehead atoms. The van der Waals surface area contributed by atoms with Crippen LogP contribution < -0.4 is 24.4 Å². The Bertz CT molecular complexity index is 2260. The minimum atomic E-state index is -0.831. The van der Waals surface area contributed by atoms with Gasteiger partial charge in [-0.05, 0) is 98.5 Å². The smallest absolute Gasteiger partial charge is 0.338 e. The monoisotopic (exact) mass is 814 g/mol. The molecule has 0 aliphatic carbocycles. The Kier molecular flexibility index (Phi) is 9.96. The van der Waals surface area contributed by atoms with Crippen molar-refractivity contribution in [3.05, 3.63) is 133 Å². The third-order valence-corrected chi connectivity index (χ3v) is 10.4. The van der Waals surface area contributed by atoms with E-state index in [-0.39, 0.29) is 24.3 Å². The molecule has 4 aromatic carbocycles. The van der Waals surface area contributed by atoms with Gasteiger partial charge in [0.2, 0.25) is 0 Å². The normalized spacial score (nSPS) is 14.6. The summed E-state index contributed by atoms with van der Waals surface area (Å²) in [7, 11) is 1.57. The van der Waals surface area contributed by atoms with Crippen LogP contribution in [0.3, 0.4) is 0 Å². The zero-order valence-electron chi connectivity index (χ0n) is 25.3. The molecule has 12 heteroatoms. The quantitative estimate of drug-likeness (QED) is 0.147. The second-order valence-electron chi connectivity index (χ2n) is 10.5. The number of nitrogens with zero attached hydrogens (tertiary/aromatic N) is 2. The predicted molar refractivity (Wildman–Crippen MR) is 194 cm³/mol. The van der Waals surface area contributed by atoms with Crippen molar-refractivity contribution < 1.29 is 19.0 Å². The minimum Gasteiger partial charge on any atom is -0.496 e. The molecular weight excluding hydrogens is 791 g/mol. The van der Waals surface area contributed by atoms with E-state index in [1.54, 1.807) is 43.7 Å². The SMILES string of the molecule is CCOC(=O)C1=C(C)N=c2s/c(=C\c3cc(Br)c(OCc4ccc(Cl)cc4Cl)c(Br)c3)c(=O)n2[C@H]1c1c(OC)ccc2ccccc12. The Labute approximate surface area is 301 Å². The number of esters is 1. The van der Waals surface area contributed by atoms with E-state index in [0.717, 1.165) is 21.9 Å². The van der Waals surface area contributed by atoms with E-state index in [1.807, 2.05) is 54.6 Å². The van der Waals surface area contributed by atoms with Crippen LogP contribution in [0, 0.1) is 0 Å². The molecule has 6 rings (SSSR count). The van der Waals surface area contributed by atoms with Crippen LogP contribution in [0.5, 0.6) is 11.5 Å². The highest BCUT2D eigenvalue weighted by Gasteiger charge is 2.36. The van der Waals surface area contributed by atoms with E-state index in [0.29, 0.717) is 51.1 Å². The zero-order valence-corrected chi connectivity index (χ0v) is 30.8. The number of carbonyl (C=O) groups is 1. The summed E-state index contributed by atoms with van der Waals surface area (Å²) < 4.78 is 20.8. The summed E-state index contributed by atoms with van der Waals surface area (Å²) in [6.45, 7) is 3.91. The molecule has 240 valence electrons. The van der Waals surface area contributed by atoms with Gasteiger partial charge in [0.1, 0.15) is 24.1 Å². The van der Waals surface area contributed by atoms with Gasteiger partial charge in [0.15, 0.2) is 4.80 Å². The fourth-order valence-electron chi connectivity index (χ4n) is 5.54. The van der Waals surface area contributed by atoms with Gasteiger partial charge in [0.25, 0.3) is 5.56 Å². The molecule has 0 radical (unpaired) electrons. The van der Waals surface area contributed by atoms with Gasteiger partial charge in [-0.2, -0.15) is 0 Å². The number of fused-ring (bicyclic) bond motifs is 2. The minimum absolute atomic E-state index is 0.176. The van der Waals surface area contributed by atoms with Gasteiger partial charge < -0.3 is 14.2 Å². The second-order valence-corrected chi connectivity index (χ2v) is 14.1. The molecule has 0 fully saturated rings. The number of methoxy groups -OCH3 is 1. The van der Waals surface area contributed by atoms with Crippen molar-refractivity contribution >= 4 is 89.2 Å². The number of thiazole rings is 1. The molecule has 2 heterocycles. The Morgan fingerprint density at radius 1 is 1.06 bits per heavy atom. The van der Waals surface area contributed by atoms with Crippen LogP contribution in [0.15, 0.2) is 96.7 Å². The van der Waals surface area contributed by atoms with Crippen molar-refractivity contribution in [1.29, 1.82) is 0 Å². The summed E-state index contributed by atoms with van der Waals surface area (Å²) in [5.74, 6) is 0.585. The molecule has 0 spiro atoms. The molecular formula is C35H26Br2Cl2N2O5S. The summed E-state index contributed by atoms with van der Waals surface area (Å²) in [4.78, 5) is 33.0. The first-order valence-corrected chi connectivity index (χ1v) is 17.6. The van der Waals surface area contributed by atoms with Crippen LogP contribution in [0.4, 0.5) is 0 Å². The summed E-state index contributed by atoms with van der Waals surface area (Å²) >= 11 is 20.8. The lowest BCUT2D eigenvalue weighted by Gasteiger charge is -2.27. The summed E-state index contributed by atoms with van der Waals surface area (Å²) in [5.41, 5.74) is 2.68. The van der Waals surface area contributed by atoms with Crippen LogP contribution in [0.1, 0.15) is 36.6 Å². The van der Waals surface area contributed by atoms with E-state index in [2.05, 4.69) is 31.9 Å². The van der Waals surface area contributed by atoms with Gasteiger partial charge in [0, 0.05) is 21.2 Å². The maximum absolute atomic E-state index is 14.3. The van der Waals surface area contributed by atoms with Gasteiger partial charge in [-0.3, -0.25) is 9.36 Å². The Balaban J connectivity index is 1.47. The zero-order chi connectivity index (χ0) is 33.4. The number of aromatic nitrogens is 1. The highest BCUT2D eigenvalue weighted by atomic mass is 79.9. The van der Waals surface area contributed by atoms with E-state index < -0.39 is 12.0 Å². The van der Waals surface area contributed by atoms with Crippen LogP contribution in [0.2, 0.25) is 10.0 Å². The predicted octanol–water partition coefficient (Wildman–Crippen LogP) is 8.37. The number of carbonyl (C=O) groups excluding carboxylic acids is 1. The van der Waals surface area contributed by atoms with Crippen LogP contribution in [-0.4, -0.2) is 24.3 Å². The van der Waals surface area contributed by atoms with Gasteiger partial charge in [-0.15, -0.1) is 0 Å². The molecule has 7 nitrogen and oxygen atoms in total.